The number of aryl methyl sites for hydroxylation is 1. The predicted octanol–water partition coefficient (Wildman–Crippen LogP) is 1.56. The number of fused-ring (bicyclic) bond motifs is 1. The summed E-state index contributed by atoms with van der Waals surface area (Å²) >= 11 is 0. The fourth-order valence-electron chi connectivity index (χ4n) is 3.03. The van der Waals surface area contributed by atoms with Gasteiger partial charge in [-0.3, -0.25) is 9.78 Å². The van der Waals surface area contributed by atoms with E-state index in [0.717, 1.165) is 16.6 Å². The molecule has 8 heteroatoms. The van der Waals surface area contributed by atoms with Gasteiger partial charge in [-0.1, -0.05) is 37.3 Å². The average molecular weight is 348 g/mol. The van der Waals surface area contributed by atoms with Crippen molar-refractivity contribution in [1.82, 2.24) is 29.9 Å². The lowest BCUT2D eigenvalue weighted by Gasteiger charge is -2.09. The Morgan fingerprint density at radius 2 is 1.88 bits per heavy atom. The summed E-state index contributed by atoms with van der Waals surface area (Å²) in [6.07, 6.45) is 1.34. The van der Waals surface area contributed by atoms with Crippen LogP contribution in [0.5, 0.6) is 0 Å². The highest BCUT2D eigenvalue weighted by Gasteiger charge is 2.19. The lowest BCUT2D eigenvalue weighted by atomic mass is 9.96. The molecule has 130 valence electrons. The summed E-state index contributed by atoms with van der Waals surface area (Å²) in [5.41, 5.74) is 2.17. The predicted molar refractivity (Wildman–Crippen MR) is 96.9 cm³/mol. The summed E-state index contributed by atoms with van der Waals surface area (Å²) in [6.45, 7) is 2.07. The molecule has 4 aromatic rings. The minimum atomic E-state index is -0.562. The minimum Gasteiger partial charge on any atom is -0.313 e. The average Bonchev–Trinajstić information content (AvgIpc) is 2.98. The summed E-state index contributed by atoms with van der Waals surface area (Å²) < 4.78 is 1.68. The molecule has 0 amide bonds. The maximum Gasteiger partial charge on any atom is 0.325 e. The van der Waals surface area contributed by atoms with E-state index in [1.807, 2.05) is 37.4 Å². The fraction of sp³-hybridized carbons (Fsp3) is 0.167. The maximum absolute atomic E-state index is 12.1. The Labute approximate surface area is 147 Å². The highest BCUT2D eigenvalue weighted by molar-refractivity contribution is 5.82. The number of H-pyrrole nitrogens is 2. The van der Waals surface area contributed by atoms with E-state index in [4.69, 9.17) is 0 Å². The van der Waals surface area contributed by atoms with Gasteiger partial charge in [-0.2, -0.15) is 5.10 Å². The van der Waals surface area contributed by atoms with Crippen LogP contribution >= 0.6 is 0 Å². The molecule has 0 bridgehead atoms. The molecule has 0 saturated carbocycles. The summed E-state index contributed by atoms with van der Waals surface area (Å²) in [4.78, 5) is 27.9. The Hall–Kier alpha value is -3.55. The van der Waals surface area contributed by atoms with Gasteiger partial charge in [0.2, 0.25) is 0 Å². The zero-order valence-electron chi connectivity index (χ0n) is 14.2. The van der Waals surface area contributed by atoms with Gasteiger partial charge in [0.05, 0.1) is 11.3 Å². The van der Waals surface area contributed by atoms with Crippen molar-refractivity contribution in [2.75, 3.05) is 0 Å². The maximum atomic E-state index is 12.1. The van der Waals surface area contributed by atoms with E-state index in [0.29, 0.717) is 11.3 Å². The van der Waals surface area contributed by atoms with Crippen LogP contribution in [0, 0.1) is 0 Å². The van der Waals surface area contributed by atoms with Crippen molar-refractivity contribution in [3.63, 3.8) is 0 Å². The smallest absolute Gasteiger partial charge is 0.313 e. The van der Waals surface area contributed by atoms with Crippen LogP contribution in [-0.4, -0.2) is 29.9 Å². The molecular weight excluding hydrogens is 332 g/mol. The van der Waals surface area contributed by atoms with Gasteiger partial charge in [0.15, 0.2) is 5.65 Å². The fourth-order valence-corrected chi connectivity index (χ4v) is 3.03. The molecule has 1 unspecified atom stereocenters. The van der Waals surface area contributed by atoms with E-state index in [1.54, 1.807) is 10.7 Å². The van der Waals surface area contributed by atoms with Crippen LogP contribution in [0.1, 0.15) is 24.1 Å². The Bertz CT molecular complexity index is 1210. The quantitative estimate of drug-likeness (QED) is 0.584. The first-order valence-electron chi connectivity index (χ1n) is 8.12. The molecule has 1 aromatic carbocycles. The highest BCUT2D eigenvalue weighted by Crippen LogP contribution is 2.29. The summed E-state index contributed by atoms with van der Waals surface area (Å²) in [6, 6.07) is 11.8. The minimum absolute atomic E-state index is 0.0471. The van der Waals surface area contributed by atoms with E-state index in [1.165, 1.54) is 6.20 Å². The second kappa shape index (κ2) is 6.07. The van der Waals surface area contributed by atoms with Gasteiger partial charge in [0.25, 0.3) is 5.56 Å². The third-order valence-electron chi connectivity index (χ3n) is 4.42. The molecule has 0 aliphatic carbocycles. The standard InChI is InChI=1S/C18H16N6O2/c1-10(11-6-4-3-5-7-11)15-12-8-14(21-22-16(12)24(2)23-15)13-9-19-18(26)20-17(13)25/h3-10H,1-2H3,(H2,19,20,25,26). The highest BCUT2D eigenvalue weighted by atomic mass is 16.2. The van der Waals surface area contributed by atoms with Crippen LogP contribution in [0.15, 0.2) is 52.2 Å². The van der Waals surface area contributed by atoms with Crippen LogP contribution < -0.4 is 11.2 Å². The lowest BCUT2D eigenvalue weighted by Crippen LogP contribution is -2.22. The zero-order valence-corrected chi connectivity index (χ0v) is 14.2. The third-order valence-corrected chi connectivity index (χ3v) is 4.42. The Morgan fingerprint density at radius 3 is 2.62 bits per heavy atom. The first kappa shape index (κ1) is 15.9. The number of hydrogen-bond acceptors (Lipinski definition) is 5. The van der Waals surface area contributed by atoms with E-state index < -0.39 is 11.2 Å². The van der Waals surface area contributed by atoms with Gasteiger partial charge in [-0.05, 0) is 11.6 Å². The molecule has 0 radical (unpaired) electrons. The molecule has 3 aromatic heterocycles. The molecule has 26 heavy (non-hydrogen) atoms. The first-order chi connectivity index (χ1) is 12.5. The molecule has 0 aliphatic rings. The SMILES string of the molecule is CC(c1ccccc1)c1nn(C)c2nnc(-c3c[nH]c(=O)[nH]c3=O)cc12. The van der Waals surface area contributed by atoms with Crippen molar-refractivity contribution in [2.45, 2.75) is 12.8 Å². The molecule has 4 rings (SSSR count). The second-order valence-electron chi connectivity index (χ2n) is 6.09. The largest absolute Gasteiger partial charge is 0.325 e. The van der Waals surface area contributed by atoms with Crippen molar-refractivity contribution in [2.24, 2.45) is 7.05 Å². The summed E-state index contributed by atoms with van der Waals surface area (Å²) in [5, 5.41) is 13.8. The van der Waals surface area contributed by atoms with Crippen LogP contribution in [0.3, 0.4) is 0 Å². The van der Waals surface area contributed by atoms with Gasteiger partial charge in [0, 0.05) is 24.5 Å². The van der Waals surface area contributed by atoms with Gasteiger partial charge >= 0.3 is 5.69 Å². The molecule has 0 saturated heterocycles. The Morgan fingerprint density at radius 1 is 1.12 bits per heavy atom. The monoisotopic (exact) mass is 348 g/mol. The second-order valence-corrected chi connectivity index (χ2v) is 6.09. The number of nitrogens with zero attached hydrogens (tertiary/aromatic N) is 4. The number of aromatic amines is 2. The van der Waals surface area contributed by atoms with Crippen molar-refractivity contribution in [1.29, 1.82) is 0 Å². The molecular formula is C18H16N6O2. The van der Waals surface area contributed by atoms with Gasteiger partial charge in [-0.15, -0.1) is 10.2 Å². The molecule has 0 spiro atoms. The van der Waals surface area contributed by atoms with Gasteiger partial charge in [-0.25, -0.2) is 9.48 Å². The third kappa shape index (κ3) is 2.61. The van der Waals surface area contributed by atoms with Crippen molar-refractivity contribution < 1.29 is 0 Å². The topological polar surface area (TPSA) is 109 Å². The molecule has 3 heterocycles. The van der Waals surface area contributed by atoms with Gasteiger partial charge in [0.1, 0.15) is 5.69 Å². The number of rotatable bonds is 3. The summed E-state index contributed by atoms with van der Waals surface area (Å²) in [5.74, 6) is 0.0471. The molecule has 2 N–H and O–H groups in total. The zero-order chi connectivity index (χ0) is 18.3. The van der Waals surface area contributed by atoms with E-state index in [9.17, 15) is 9.59 Å². The van der Waals surface area contributed by atoms with Crippen molar-refractivity contribution >= 4 is 11.0 Å². The summed E-state index contributed by atoms with van der Waals surface area (Å²) in [7, 11) is 1.81. The number of nitrogens with one attached hydrogen (secondary N) is 2. The van der Waals surface area contributed by atoms with Crippen LogP contribution in [0.25, 0.3) is 22.3 Å². The Balaban J connectivity index is 1.90. The lowest BCUT2D eigenvalue weighted by molar-refractivity contribution is 0.734. The van der Waals surface area contributed by atoms with E-state index in [2.05, 4.69) is 32.2 Å². The normalized spacial score (nSPS) is 12.4. The van der Waals surface area contributed by atoms with Crippen LogP contribution in [0.4, 0.5) is 0 Å². The first-order valence-corrected chi connectivity index (χ1v) is 8.12. The Kier molecular flexibility index (Phi) is 3.72. The van der Waals surface area contributed by atoms with Crippen LogP contribution in [0.2, 0.25) is 0 Å². The van der Waals surface area contributed by atoms with Crippen molar-refractivity contribution in [3.8, 4) is 11.3 Å². The van der Waals surface area contributed by atoms with E-state index >= 15 is 0 Å². The van der Waals surface area contributed by atoms with E-state index in [-0.39, 0.29) is 11.5 Å². The molecule has 0 fully saturated rings. The molecule has 1 atom stereocenters. The van der Waals surface area contributed by atoms with Gasteiger partial charge < -0.3 is 4.98 Å². The number of benzene rings is 1. The molecule has 0 aliphatic heterocycles. The molecule has 8 nitrogen and oxygen atoms in total. The van der Waals surface area contributed by atoms with Crippen LogP contribution in [-0.2, 0) is 7.05 Å². The number of hydrogen-bond donors (Lipinski definition) is 2. The van der Waals surface area contributed by atoms with Crippen molar-refractivity contribution in [3.05, 3.63) is 74.7 Å². The number of aromatic nitrogens is 6.